The van der Waals surface area contributed by atoms with Gasteiger partial charge in [0.1, 0.15) is 5.82 Å². The van der Waals surface area contributed by atoms with Gasteiger partial charge in [0.25, 0.3) is 0 Å². The van der Waals surface area contributed by atoms with Crippen molar-refractivity contribution in [1.29, 1.82) is 0 Å². The summed E-state index contributed by atoms with van der Waals surface area (Å²) in [5, 5.41) is 4.64. The molecule has 0 saturated carbocycles. The highest BCUT2D eigenvalue weighted by atomic mass is 35.5. The molecule has 3 N–H and O–H groups in total. The zero-order chi connectivity index (χ0) is 15.4. The highest BCUT2D eigenvalue weighted by Gasteiger charge is 2.17. The summed E-state index contributed by atoms with van der Waals surface area (Å²) in [4.78, 5) is 0. The number of aryl methyl sites for hydroxylation is 2. The van der Waals surface area contributed by atoms with E-state index in [0.717, 1.165) is 29.9 Å². The standard InChI is InChI=1S/C15H20ClFN4/c1-3-11-9-15(21(4-2)20-11)14(19-18)8-10-5-6-12(16)13(17)7-10/h5-7,9,14,19H,3-4,8,18H2,1-2H3. The number of hydrogen-bond donors (Lipinski definition) is 2. The largest absolute Gasteiger partial charge is 0.271 e. The van der Waals surface area contributed by atoms with Crippen LogP contribution in [0.15, 0.2) is 24.3 Å². The Morgan fingerprint density at radius 3 is 2.71 bits per heavy atom. The van der Waals surface area contributed by atoms with E-state index in [1.165, 1.54) is 6.07 Å². The molecule has 21 heavy (non-hydrogen) atoms. The monoisotopic (exact) mass is 310 g/mol. The zero-order valence-corrected chi connectivity index (χ0v) is 13.0. The van der Waals surface area contributed by atoms with Crippen LogP contribution in [0.25, 0.3) is 0 Å². The molecule has 0 spiro atoms. The number of nitrogens with one attached hydrogen (secondary N) is 1. The van der Waals surface area contributed by atoms with Crippen LogP contribution in [-0.4, -0.2) is 9.78 Å². The van der Waals surface area contributed by atoms with Crippen LogP contribution in [0.1, 0.15) is 36.8 Å². The number of halogens is 2. The molecule has 0 radical (unpaired) electrons. The van der Waals surface area contributed by atoms with Crippen LogP contribution >= 0.6 is 11.6 Å². The van der Waals surface area contributed by atoms with Crippen LogP contribution in [0.4, 0.5) is 4.39 Å². The first kappa shape index (κ1) is 15.9. The number of rotatable bonds is 6. The normalized spacial score (nSPS) is 12.6. The number of nitrogens with zero attached hydrogens (tertiary/aromatic N) is 2. The summed E-state index contributed by atoms with van der Waals surface area (Å²) in [6.45, 7) is 4.86. The fraction of sp³-hybridized carbons (Fsp3) is 0.400. The van der Waals surface area contributed by atoms with Gasteiger partial charge >= 0.3 is 0 Å². The molecular weight excluding hydrogens is 291 g/mol. The third-order valence-corrected chi connectivity index (χ3v) is 3.81. The van der Waals surface area contributed by atoms with Crippen molar-refractivity contribution >= 4 is 11.6 Å². The van der Waals surface area contributed by atoms with Crippen LogP contribution in [-0.2, 0) is 19.4 Å². The van der Waals surface area contributed by atoms with Gasteiger partial charge in [-0.15, -0.1) is 0 Å². The number of hydrogen-bond acceptors (Lipinski definition) is 3. The fourth-order valence-electron chi connectivity index (χ4n) is 2.34. The van der Waals surface area contributed by atoms with Crippen LogP contribution in [0.5, 0.6) is 0 Å². The lowest BCUT2D eigenvalue weighted by atomic mass is 10.0. The molecule has 2 rings (SSSR count). The van der Waals surface area contributed by atoms with Crippen molar-refractivity contribution in [2.45, 2.75) is 39.3 Å². The first-order valence-corrected chi connectivity index (χ1v) is 7.43. The van der Waals surface area contributed by atoms with Crippen LogP contribution in [0.3, 0.4) is 0 Å². The van der Waals surface area contributed by atoms with Gasteiger partial charge in [0.15, 0.2) is 0 Å². The van der Waals surface area contributed by atoms with E-state index in [-0.39, 0.29) is 11.1 Å². The van der Waals surface area contributed by atoms with Crippen molar-refractivity contribution in [2.75, 3.05) is 0 Å². The summed E-state index contributed by atoms with van der Waals surface area (Å²) < 4.78 is 15.5. The van der Waals surface area contributed by atoms with E-state index >= 15 is 0 Å². The molecule has 0 amide bonds. The molecule has 0 aliphatic rings. The molecule has 0 bridgehead atoms. The minimum Gasteiger partial charge on any atom is -0.271 e. The SMILES string of the molecule is CCc1cc(C(Cc2ccc(Cl)c(F)c2)NN)n(CC)n1. The fourth-order valence-corrected chi connectivity index (χ4v) is 2.46. The van der Waals surface area contributed by atoms with Crippen molar-refractivity contribution in [1.82, 2.24) is 15.2 Å². The number of benzene rings is 1. The van der Waals surface area contributed by atoms with E-state index in [0.29, 0.717) is 6.42 Å². The van der Waals surface area contributed by atoms with Crippen molar-refractivity contribution in [3.8, 4) is 0 Å². The highest BCUT2D eigenvalue weighted by molar-refractivity contribution is 6.30. The minimum absolute atomic E-state index is 0.127. The molecule has 1 unspecified atom stereocenters. The van der Waals surface area contributed by atoms with E-state index in [9.17, 15) is 4.39 Å². The van der Waals surface area contributed by atoms with Gasteiger partial charge in [-0.05, 0) is 43.5 Å². The van der Waals surface area contributed by atoms with E-state index in [1.807, 2.05) is 23.7 Å². The second-order valence-electron chi connectivity index (χ2n) is 4.90. The first-order valence-electron chi connectivity index (χ1n) is 7.05. The van der Waals surface area contributed by atoms with Crippen molar-refractivity contribution in [3.63, 3.8) is 0 Å². The van der Waals surface area contributed by atoms with Gasteiger partial charge in [0.05, 0.1) is 22.5 Å². The summed E-state index contributed by atoms with van der Waals surface area (Å²) in [5.41, 5.74) is 5.66. The molecule has 0 aliphatic heterocycles. The Morgan fingerprint density at radius 2 is 2.14 bits per heavy atom. The maximum atomic E-state index is 13.5. The lowest BCUT2D eigenvalue weighted by Gasteiger charge is -2.17. The average Bonchev–Trinajstić information content (AvgIpc) is 2.91. The van der Waals surface area contributed by atoms with Crippen LogP contribution in [0, 0.1) is 5.82 Å². The van der Waals surface area contributed by atoms with Crippen molar-refractivity contribution in [3.05, 3.63) is 52.1 Å². The predicted octanol–water partition coefficient (Wildman–Crippen LogP) is 3.01. The van der Waals surface area contributed by atoms with Crippen LogP contribution in [0.2, 0.25) is 5.02 Å². The molecule has 4 nitrogen and oxygen atoms in total. The molecule has 1 atom stereocenters. The molecule has 0 fully saturated rings. The van der Waals surface area contributed by atoms with E-state index in [1.54, 1.807) is 6.07 Å². The number of nitrogens with two attached hydrogens (primary N) is 1. The summed E-state index contributed by atoms with van der Waals surface area (Å²) in [5.74, 6) is 5.27. The smallest absolute Gasteiger partial charge is 0.142 e. The van der Waals surface area contributed by atoms with Gasteiger partial charge in [-0.1, -0.05) is 24.6 Å². The second-order valence-corrected chi connectivity index (χ2v) is 5.31. The van der Waals surface area contributed by atoms with Gasteiger partial charge in [0.2, 0.25) is 0 Å². The summed E-state index contributed by atoms with van der Waals surface area (Å²) in [7, 11) is 0. The van der Waals surface area contributed by atoms with E-state index in [4.69, 9.17) is 17.4 Å². The van der Waals surface area contributed by atoms with E-state index < -0.39 is 5.82 Å². The molecule has 1 aromatic heterocycles. The lowest BCUT2D eigenvalue weighted by molar-refractivity contribution is 0.488. The minimum atomic E-state index is -0.414. The molecule has 1 aromatic carbocycles. The number of aromatic nitrogens is 2. The molecule has 6 heteroatoms. The predicted molar refractivity (Wildman–Crippen MR) is 82.5 cm³/mol. The van der Waals surface area contributed by atoms with Gasteiger partial charge in [-0.3, -0.25) is 16.0 Å². The molecule has 2 aromatic rings. The Morgan fingerprint density at radius 1 is 1.38 bits per heavy atom. The maximum Gasteiger partial charge on any atom is 0.142 e. The Kier molecular flexibility index (Phi) is 5.33. The topological polar surface area (TPSA) is 55.9 Å². The number of hydrazine groups is 1. The summed E-state index contributed by atoms with van der Waals surface area (Å²) in [6, 6.07) is 6.73. The van der Waals surface area contributed by atoms with Gasteiger partial charge in [-0.25, -0.2) is 4.39 Å². The zero-order valence-electron chi connectivity index (χ0n) is 12.2. The molecule has 0 aliphatic carbocycles. The van der Waals surface area contributed by atoms with Crippen molar-refractivity contribution in [2.24, 2.45) is 5.84 Å². The second kappa shape index (κ2) is 7.02. The van der Waals surface area contributed by atoms with Crippen LogP contribution < -0.4 is 11.3 Å². The molecular formula is C15H20ClFN4. The maximum absolute atomic E-state index is 13.5. The Hall–Kier alpha value is -1.43. The summed E-state index contributed by atoms with van der Waals surface area (Å²) >= 11 is 5.71. The molecule has 114 valence electrons. The van der Waals surface area contributed by atoms with Gasteiger partial charge < -0.3 is 0 Å². The first-order chi connectivity index (χ1) is 10.1. The van der Waals surface area contributed by atoms with Gasteiger partial charge in [-0.2, -0.15) is 5.10 Å². The molecule has 1 heterocycles. The van der Waals surface area contributed by atoms with Gasteiger partial charge in [0, 0.05) is 6.54 Å². The molecule has 0 saturated heterocycles. The Bertz CT molecular complexity index is 612. The average molecular weight is 311 g/mol. The quantitative estimate of drug-likeness (QED) is 0.637. The third-order valence-electron chi connectivity index (χ3n) is 3.51. The Balaban J connectivity index is 2.26. The highest BCUT2D eigenvalue weighted by Crippen LogP contribution is 2.22. The van der Waals surface area contributed by atoms with E-state index in [2.05, 4.69) is 17.4 Å². The lowest BCUT2D eigenvalue weighted by Crippen LogP contribution is -2.31. The Labute approximate surface area is 129 Å². The summed E-state index contributed by atoms with van der Waals surface area (Å²) in [6.07, 6.45) is 1.44. The van der Waals surface area contributed by atoms with Crippen molar-refractivity contribution < 1.29 is 4.39 Å². The third kappa shape index (κ3) is 3.61.